The van der Waals surface area contributed by atoms with Crippen LogP contribution in [0.2, 0.25) is 0 Å². The summed E-state index contributed by atoms with van der Waals surface area (Å²) >= 11 is 0. The minimum absolute atomic E-state index is 0.0334. The predicted molar refractivity (Wildman–Crippen MR) is 94.0 cm³/mol. The number of hydrogen-bond acceptors (Lipinski definition) is 8. The average Bonchev–Trinajstić information content (AvgIpc) is 3.30. The summed E-state index contributed by atoms with van der Waals surface area (Å²) < 4.78 is 5.45. The molecule has 3 rings (SSSR count). The van der Waals surface area contributed by atoms with E-state index >= 15 is 0 Å². The van der Waals surface area contributed by atoms with Crippen molar-refractivity contribution in [1.82, 2.24) is 25.4 Å². The molecular formula is C17H21N7O2. The zero-order chi connectivity index (χ0) is 18.4. The number of likely N-dealkylation sites (tertiary alicyclic amines) is 1. The van der Waals surface area contributed by atoms with Gasteiger partial charge in [-0.2, -0.15) is 5.26 Å². The average molecular weight is 355 g/mol. The fourth-order valence-electron chi connectivity index (χ4n) is 2.89. The first-order chi connectivity index (χ1) is 12.7. The van der Waals surface area contributed by atoms with E-state index < -0.39 is 0 Å². The summed E-state index contributed by atoms with van der Waals surface area (Å²) in [5.74, 6) is 1.52. The summed E-state index contributed by atoms with van der Waals surface area (Å²) in [7, 11) is 0. The number of pyridine rings is 1. The third-order valence-corrected chi connectivity index (χ3v) is 4.16. The van der Waals surface area contributed by atoms with Crippen molar-refractivity contribution in [2.24, 2.45) is 0 Å². The van der Waals surface area contributed by atoms with Gasteiger partial charge in [0.2, 0.25) is 11.8 Å². The number of anilines is 1. The number of hydrogen-bond donors (Lipinski definition) is 2. The van der Waals surface area contributed by atoms with E-state index in [1.165, 1.54) is 0 Å². The lowest BCUT2D eigenvalue weighted by molar-refractivity contribution is -0.130. The number of nitrogens with one attached hydrogen (secondary N) is 2. The molecule has 1 atom stereocenters. The van der Waals surface area contributed by atoms with Crippen molar-refractivity contribution in [2.75, 3.05) is 31.5 Å². The maximum absolute atomic E-state index is 12.1. The van der Waals surface area contributed by atoms with Crippen LogP contribution in [-0.2, 0) is 4.79 Å². The van der Waals surface area contributed by atoms with E-state index in [9.17, 15) is 4.79 Å². The lowest BCUT2D eigenvalue weighted by atomic mass is 10.2. The molecule has 0 radical (unpaired) electrons. The second-order valence-corrected chi connectivity index (χ2v) is 6.00. The fourth-order valence-corrected chi connectivity index (χ4v) is 2.89. The Morgan fingerprint density at radius 2 is 2.35 bits per heavy atom. The number of nitriles is 1. The van der Waals surface area contributed by atoms with Gasteiger partial charge >= 0.3 is 0 Å². The topological polar surface area (TPSA) is 120 Å². The Morgan fingerprint density at radius 1 is 1.46 bits per heavy atom. The van der Waals surface area contributed by atoms with Gasteiger partial charge < -0.3 is 20.0 Å². The van der Waals surface area contributed by atoms with E-state index in [1.54, 1.807) is 24.1 Å². The molecule has 0 unspecified atom stereocenters. The molecule has 1 aliphatic rings. The smallest absolute Gasteiger partial charge is 0.251 e. The molecule has 1 aliphatic heterocycles. The van der Waals surface area contributed by atoms with E-state index in [2.05, 4.69) is 31.9 Å². The lowest BCUT2D eigenvalue weighted by Gasteiger charge is -2.19. The van der Waals surface area contributed by atoms with Crippen LogP contribution in [0.25, 0.3) is 11.5 Å². The van der Waals surface area contributed by atoms with Crippen molar-refractivity contribution < 1.29 is 9.21 Å². The van der Waals surface area contributed by atoms with Gasteiger partial charge in [-0.3, -0.25) is 4.79 Å². The summed E-state index contributed by atoms with van der Waals surface area (Å²) in [6, 6.07) is 5.56. The van der Waals surface area contributed by atoms with Crippen molar-refractivity contribution in [3.05, 3.63) is 24.2 Å². The maximum atomic E-state index is 12.1. The van der Waals surface area contributed by atoms with Crippen LogP contribution in [0.5, 0.6) is 0 Å². The van der Waals surface area contributed by atoms with E-state index in [0.717, 1.165) is 18.4 Å². The van der Waals surface area contributed by atoms with Gasteiger partial charge in [-0.05, 0) is 25.0 Å². The predicted octanol–water partition coefficient (Wildman–Crippen LogP) is 0.956. The highest BCUT2D eigenvalue weighted by Gasteiger charge is 2.27. The summed E-state index contributed by atoms with van der Waals surface area (Å²) in [6.07, 6.45) is 3.34. The first kappa shape index (κ1) is 17.8. The Bertz CT molecular complexity index is 798. The zero-order valence-electron chi connectivity index (χ0n) is 14.6. The number of rotatable bonds is 7. The fraction of sp³-hybridized carbons (Fsp3) is 0.471. The highest BCUT2D eigenvalue weighted by atomic mass is 16.4. The van der Waals surface area contributed by atoms with Gasteiger partial charge in [-0.1, -0.05) is 0 Å². The van der Waals surface area contributed by atoms with Crippen molar-refractivity contribution in [1.29, 1.82) is 5.26 Å². The molecule has 26 heavy (non-hydrogen) atoms. The molecule has 2 aromatic heterocycles. The van der Waals surface area contributed by atoms with Crippen LogP contribution in [0.1, 0.15) is 18.7 Å². The Morgan fingerprint density at radius 3 is 3.12 bits per heavy atom. The Labute approximate surface area is 151 Å². The normalized spacial score (nSPS) is 16.5. The van der Waals surface area contributed by atoms with Gasteiger partial charge in [-0.25, -0.2) is 4.98 Å². The molecule has 1 fully saturated rings. The van der Waals surface area contributed by atoms with Crippen molar-refractivity contribution >= 4 is 11.7 Å². The van der Waals surface area contributed by atoms with Crippen molar-refractivity contribution in [2.45, 2.75) is 25.8 Å². The summed E-state index contributed by atoms with van der Waals surface area (Å²) in [4.78, 5) is 18.1. The number of aryl methyl sites for hydroxylation is 1. The molecule has 1 amide bonds. The van der Waals surface area contributed by atoms with E-state index in [1.807, 2.05) is 6.07 Å². The molecule has 136 valence electrons. The molecular weight excluding hydrogens is 334 g/mol. The van der Waals surface area contributed by atoms with Crippen LogP contribution in [0.15, 0.2) is 22.7 Å². The number of aromatic nitrogens is 3. The third-order valence-electron chi connectivity index (χ3n) is 4.16. The van der Waals surface area contributed by atoms with Gasteiger partial charge in [0.05, 0.1) is 18.2 Å². The van der Waals surface area contributed by atoms with Crippen molar-refractivity contribution in [3.63, 3.8) is 0 Å². The van der Waals surface area contributed by atoms with Crippen molar-refractivity contribution in [3.8, 4) is 17.5 Å². The molecule has 2 aromatic rings. The zero-order valence-corrected chi connectivity index (χ0v) is 14.6. The molecule has 1 saturated heterocycles. The lowest BCUT2D eigenvalue weighted by Crippen LogP contribution is -2.41. The summed E-state index contributed by atoms with van der Waals surface area (Å²) in [5, 5.41) is 23.2. The standard InChI is InChI=1S/C17H21N7O2/c1-12-22-23-17(26-12)14-5-2-6-20-16(14)21-8-7-19-11-15(25)24-9-3-4-13(24)10-18/h2,5-6,13,19H,3-4,7-9,11H2,1H3,(H,20,21)/t13-/m0/s1. The summed E-state index contributed by atoms with van der Waals surface area (Å²) in [6.45, 7) is 3.77. The molecule has 9 nitrogen and oxygen atoms in total. The summed E-state index contributed by atoms with van der Waals surface area (Å²) in [5.41, 5.74) is 0.734. The van der Waals surface area contributed by atoms with Gasteiger partial charge in [0.25, 0.3) is 5.89 Å². The number of carbonyl (C=O) groups excluding carboxylic acids is 1. The maximum Gasteiger partial charge on any atom is 0.251 e. The van der Waals surface area contributed by atoms with Gasteiger partial charge in [0.1, 0.15) is 11.9 Å². The third kappa shape index (κ3) is 4.15. The van der Waals surface area contributed by atoms with Gasteiger partial charge in [-0.15, -0.1) is 10.2 Å². The molecule has 2 N–H and O–H groups in total. The SMILES string of the molecule is Cc1nnc(-c2cccnc2NCCNCC(=O)N2CCC[C@H]2C#N)o1. The minimum atomic E-state index is -0.281. The van der Waals surface area contributed by atoms with Crippen LogP contribution in [0.3, 0.4) is 0 Å². The molecule has 0 aromatic carbocycles. The number of amides is 1. The van der Waals surface area contributed by atoms with Crippen LogP contribution in [0, 0.1) is 18.3 Å². The highest BCUT2D eigenvalue weighted by Crippen LogP contribution is 2.24. The molecule has 9 heteroatoms. The number of nitrogens with zero attached hydrogens (tertiary/aromatic N) is 5. The van der Waals surface area contributed by atoms with Gasteiger partial charge in [0, 0.05) is 32.8 Å². The van der Waals surface area contributed by atoms with E-state index in [-0.39, 0.29) is 18.5 Å². The van der Waals surface area contributed by atoms with Gasteiger partial charge in [0.15, 0.2) is 0 Å². The van der Waals surface area contributed by atoms with E-state index in [4.69, 9.17) is 9.68 Å². The largest absolute Gasteiger partial charge is 0.421 e. The Balaban J connectivity index is 1.46. The molecule has 0 saturated carbocycles. The van der Waals surface area contributed by atoms with Crippen LogP contribution >= 0.6 is 0 Å². The molecule has 3 heterocycles. The first-order valence-electron chi connectivity index (χ1n) is 8.58. The highest BCUT2D eigenvalue weighted by molar-refractivity contribution is 5.79. The minimum Gasteiger partial charge on any atom is -0.421 e. The second kappa shape index (κ2) is 8.40. The Kier molecular flexibility index (Phi) is 5.76. The molecule has 0 bridgehead atoms. The monoisotopic (exact) mass is 355 g/mol. The van der Waals surface area contributed by atoms with E-state index in [0.29, 0.717) is 37.2 Å². The van der Waals surface area contributed by atoms with Crippen LogP contribution in [0.4, 0.5) is 5.82 Å². The van der Waals surface area contributed by atoms with Crippen LogP contribution in [-0.4, -0.2) is 58.2 Å². The first-order valence-corrected chi connectivity index (χ1v) is 8.58. The second-order valence-electron chi connectivity index (χ2n) is 6.00. The molecule has 0 spiro atoms. The number of carbonyl (C=O) groups is 1. The van der Waals surface area contributed by atoms with Crippen LogP contribution < -0.4 is 10.6 Å². The molecule has 0 aliphatic carbocycles. The Hall–Kier alpha value is -2.99. The quantitative estimate of drug-likeness (QED) is 0.705.